The van der Waals surface area contributed by atoms with E-state index in [1.54, 1.807) is 16.2 Å². The van der Waals surface area contributed by atoms with Crippen LogP contribution in [0.25, 0.3) is 11.0 Å². The van der Waals surface area contributed by atoms with Crippen LogP contribution in [0.3, 0.4) is 0 Å². The molecule has 0 fully saturated rings. The maximum absolute atomic E-state index is 12.2. The minimum atomic E-state index is -0.527. The van der Waals surface area contributed by atoms with Crippen LogP contribution in [0.4, 0.5) is 4.79 Å². The van der Waals surface area contributed by atoms with Crippen LogP contribution >= 0.6 is 0 Å². The molecular weight excluding hydrogens is 270 g/mol. The first-order valence-electron chi connectivity index (χ1n) is 6.91. The van der Waals surface area contributed by atoms with Crippen molar-refractivity contribution < 1.29 is 9.53 Å². The molecule has 21 heavy (non-hydrogen) atoms. The summed E-state index contributed by atoms with van der Waals surface area (Å²) in [6.07, 6.45) is -0.476. The normalized spacial score (nSPS) is 11.6. The SMILES string of the molecule is Cn1c(=O)n(CCNC(=O)OC(C)(C)C)c2ccccc21. The number of aromatic nitrogens is 2. The second-order valence-corrected chi connectivity index (χ2v) is 5.91. The number of nitrogens with zero attached hydrogens (tertiary/aromatic N) is 2. The molecule has 2 rings (SSSR count). The Labute approximate surface area is 123 Å². The minimum Gasteiger partial charge on any atom is -0.444 e. The van der Waals surface area contributed by atoms with Crippen LogP contribution in [0.5, 0.6) is 0 Å². The van der Waals surface area contributed by atoms with Crippen molar-refractivity contribution in [1.29, 1.82) is 0 Å². The summed E-state index contributed by atoms with van der Waals surface area (Å²) in [6.45, 7) is 6.16. The zero-order valence-electron chi connectivity index (χ0n) is 12.8. The van der Waals surface area contributed by atoms with Gasteiger partial charge in [0, 0.05) is 20.1 Å². The molecule has 6 heteroatoms. The van der Waals surface area contributed by atoms with E-state index >= 15 is 0 Å². The molecule has 2 aromatic rings. The van der Waals surface area contributed by atoms with Gasteiger partial charge in [-0.2, -0.15) is 0 Å². The number of amides is 1. The zero-order chi connectivity index (χ0) is 15.6. The van der Waals surface area contributed by atoms with Crippen LogP contribution in [0.15, 0.2) is 29.1 Å². The summed E-state index contributed by atoms with van der Waals surface area (Å²) in [4.78, 5) is 23.8. The zero-order valence-corrected chi connectivity index (χ0v) is 12.8. The van der Waals surface area contributed by atoms with E-state index in [1.165, 1.54) is 0 Å². The first kappa shape index (κ1) is 15.2. The number of carbonyl (C=O) groups is 1. The van der Waals surface area contributed by atoms with Gasteiger partial charge in [0.1, 0.15) is 5.60 Å². The van der Waals surface area contributed by atoms with E-state index in [2.05, 4.69) is 5.32 Å². The van der Waals surface area contributed by atoms with Crippen LogP contribution in [0.1, 0.15) is 20.8 Å². The highest BCUT2D eigenvalue weighted by Gasteiger charge is 2.16. The fraction of sp³-hybridized carbons (Fsp3) is 0.467. The summed E-state index contributed by atoms with van der Waals surface area (Å²) in [7, 11) is 1.74. The molecule has 0 aliphatic heterocycles. The largest absolute Gasteiger partial charge is 0.444 e. The second kappa shape index (κ2) is 5.63. The maximum Gasteiger partial charge on any atom is 0.407 e. The van der Waals surface area contributed by atoms with E-state index in [9.17, 15) is 9.59 Å². The number of para-hydroxylation sites is 2. The number of rotatable bonds is 3. The Kier molecular flexibility index (Phi) is 4.06. The number of imidazole rings is 1. The van der Waals surface area contributed by atoms with E-state index < -0.39 is 11.7 Å². The lowest BCUT2D eigenvalue weighted by molar-refractivity contribution is 0.0526. The van der Waals surface area contributed by atoms with Crippen LogP contribution < -0.4 is 11.0 Å². The third-order valence-electron chi connectivity index (χ3n) is 3.06. The van der Waals surface area contributed by atoms with Crippen molar-refractivity contribution in [2.24, 2.45) is 7.05 Å². The number of aryl methyl sites for hydroxylation is 1. The predicted molar refractivity (Wildman–Crippen MR) is 81.4 cm³/mol. The van der Waals surface area contributed by atoms with Gasteiger partial charge >= 0.3 is 11.8 Å². The fourth-order valence-corrected chi connectivity index (χ4v) is 2.16. The Balaban J connectivity index is 2.06. The van der Waals surface area contributed by atoms with Gasteiger partial charge in [0.15, 0.2) is 0 Å². The van der Waals surface area contributed by atoms with Gasteiger partial charge in [0.25, 0.3) is 0 Å². The van der Waals surface area contributed by atoms with Crippen molar-refractivity contribution in [1.82, 2.24) is 14.5 Å². The molecule has 114 valence electrons. The smallest absolute Gasteiger partial charge is 0.407 e. The Morgan fingerprint density at radius 1 is 1.24 bits per heavy atom. The van der Waals surface area contributed by atoms with Crippen molar-refractivity contribution in [2.45, 2.75) is 32.9 Å². The first-order chi connectivity index (χ1) is 9.79. The number of hydrogen-bond donors (Lipinski definition) is 1. The van der Waals surface area contributed by atoms with Crippen LogP contribution in [0, 0.1) is 0 Å². The van der Waals surface area contributed by atoms with Crippen LogP contribution in [-0.2, 0) is 18.3 Å². The van der Waals surface area contributed by atoms with Crippen molar-refractivity contribution in [3.8, 4) is 0 Å². The molecule has 1 heterocycles. The Morgan fingerprint density at radius 2 is 1.86 bits per heavy atom. The first-order valence-corrected chi connectivity index (χ1v) is 6.91. The predicted octanol–water partition coefficient (Wildman–Crippen LogP) is 1.86. The molecule has 0 saturated heterocycles. The summed E-state index contributed by atoms with van der Waals surface area (Å²) >= 11 is 0. The number of ether oxygens (including phenoxy) is 1. The van der Waals surface area contributed by atoms with Gasteiger partial charge in [-0.05, 0) is 32.9 Å². The maximum atomic E-state index is 12.2. The number of alkyl carbamates (subject to hydrolysis) is 1. The fourth-order valence-electron chi connectivity index (χ4n) is 2.16. The third kappa shape index (κ3) is 3.45. The number of fused-ring (bicyclic) bond motifs is 1. The lowest BCUT2D eigenvalue weighted by Crippen LogP contribution is -2.35. The van der Waals surface area contributed by atoms with Gasteiger partial charge in [0.2, 0.25) is 0 Å². The highest BCUT2D eigenvalue weighted by atomic mass is 16.6. The average molecular weight is 291 g/mol. The lowest BCUT2D eigenvalue weighted by atomic mass is 10.2. The van der Waals surface area contributed by atoms with E-state index in [0.717, 1.165) is 11.0 Å². The molecule has 0 unspecified atom stereocenters. The summed E-state index contributed by atoms with van der Waals surface area (Å²) in [6, 6.07) is 7.57. The number of nitrogens with one attached hydrogen (secondary N) is 1. The van der Waals surface area contributed by atoms with Gasteiger partial charge in [-0.15, -0.1) is 0 Å². The van der Waals surface area contributed by atoms with Crippen LogP contribution in [-0.4, -0.2) is 27.4 Å². The second-order valence-electron chi connectivity index (χ2n) is 5.91. The molecule has 1 N–H and O–H groups in total. The van der Waals surface area contributed by atoms with Crippen molar-refractivity contribution >= 4 is 17.1 Å². The standard InChI is InChI=1S/C15H21N3O3/c1-15(2,3)21-13(19)16-9-10-18-12-8-6-5-7-11(12)17(4)14(18)20/h5-8H,9-10H2,1-4H3,(H,16,19). The van der Waals surface area contributed by atoms with Gasteiger partial charge in [-0.25, -0.2) is 9.59 Å². The molecule has 0 atom stereocenters. The topological polar surface area (TPSA) is 65.3 Å². The molecule has 0 radical (unpaired) electrons. The molecule has 0 bridgehead atoms. The highest BCUT2D eigenvalue weighted by molar-refractivity contribution is 5.75. The molecule has 0 saturated carbocycles. The van der Waals surface area contributed by atoms with E-state index in [-0.39, 0.29) is 5.69 Å². The molecular formula is C15H21N3O3. The quantitative estimate of drug-likeness (QED) is 0.938. The summed E-state index contributed by atoms with van der Waals surface area (Å²) in [5, 5.41) is 2.66. The van der Waals surface area contributed by atoms with Gasteiger partial charge in [-0.3, -0.25) is 9.13 Å². The molecule has 1 aromatic heterocycles. The summed E-state index contributed by atoms with van der Waals surface area (Å²) < 4.78 is 8.40. The Hall–Kier alpha value is -2.24. The van der Waals surface area contributed by atoms with Gasteiger partial charge < -0.3 is 10.1 Å². The molecule has 6 nitrogen and oxygen atoms in total. The van der Waals surface area contributed by atoms with Crippen molar-refractivity contribution in [3.63, 3.8) is 0 Å². The number of hydrogen-bond acceptors (Lipinski definition) is 3. The van der Waals surface area contributed by atoms with E-state index in [1.807, 2.05) is 45.0 Å². The van der Waals surface area contributed by atoms with Crippen molar-refractivity contribution in [2.75, 3.05) is 6.54 Å². The molecule has 0 spiro atoms. The van der Waals surface area contributed by atoms with E-state index in [0.29, 0.717) is 13.1 Å². The Bertz CT molecular complexity index is 707. The molecule has 0 aliphatic carbocycles. The third-order valence-corrected chi connectivity index (χ3v) is 3.06. The van der Waals surface area contributed by atoms with Gasteiger partial charge in [0.05, 0.1) is 11.0 Å². The number of carbonyl (C=O) groups excluding carboxylic acids is 1. The average Bonchev–Trinajstić information content (AvgIpc) is 2.62. The highest BCUT2D eigenvalue weighted by Crippen LogP contribution is 2.11. The molecule has 0 aliphatic rings. The minimum absolute atomic E-state index is 0.0952. The Morgan fingerprint density at radius 3 is 2.48 bits per heavy atom. The van der Waals surface area contributed by atoms with Gasteiger partial charge in [-0.1, -0.05) is 12.1 Å². The monoisotopic (exact) mass is 291 g/mol. The van der Waals surface area contributed by atoms with Crippen LogP contribution in [0.2, 0.25) is 0 Å². The van der Waals surface area contributed by atoms with E-state index in [4.69, 9.17) is 4.74 Å². The summed E-state index contributed by atoms with van der Waals surface area (Å²) in [5.74, 6) is 0. The van der Waals surface area contributed by atoms with Crippen molar-refractivity contribution in [3.05, 3.63) is 34.7 Å². The molecule has 1 amide bonds. The lowest BCUT2D eigenvalue weighted by Gasteiger charge is -2.19. The summed E-state index contributed by atoms with van der Waals surface area (Å²) in [5.41, 5.74) is 1.11. The number of benzene rings is 1. The molecule has 1 aromatic carbocycles.